The normalized spacial score (nSPS) is 16.6. The zero-order valence-corrected chi connectivity index (χ0v) is 22.1. The van der Waals surface area contributed by atoms with Gasteiger partial charge in [-0.25, -0.2) is 0 Å². The highest BCUT2D eigenvalue weighted by atomic mass is 16.5. The largest absolute Gasteiger partial charge is 0.493 e. The lowest BCUT2D eigenvalue weighted by atomic mass is 9.84. The van der Waals surface area contributed by atoms with Crippen LogP contribution in [0.5, 0.6) is 5.75 Å². The molecular weight excluding hydrogens is 456 g/mol. The zero-order chi connectivity index (χ0) is 25.6. The molecule has 4 heteroatoms. The Bertz CT molecular complexity index is 1240. The third kappa shape index (κ3) is 6.50. The molecule has 1 aliphatic heterocycles. The van der Waals surface area contributed by atoms with Crippen molar-refractivity contribution in [2.24, 2.45) is 5.92 Å². The average molecular weight is 495 g/mol. The van der Waals surface area contributed by atoms with Crippen molar-refractivity contribution in [2.75, 3.05) is 11.9 Å². The number of fused-ring (bicyclic) bond motifs is 1. The van der Waals surface area contributed by atoms with Crippen LogP contribution in [0.3, 0.4) is 0 Å². The molecule has 3 aromatic carbocycles. The van der Waals surface area contributed by atoms with Crippen molar-refractivity contribution in [3.8, 4) is 16.9 Å². The summed E-state index contributed by atoms with van der Waals surface area (Å²) in [6.07, 6.45) is 9.36. The van der Waals surface area contributed by atoms with E-state index in [1.165, 1.54) is 43.2 Å². The van der Waals surface area contributed by atoms with Crippen molar-refractivity contribution in [3.63, 3.8) is 0 Å². The second-order valence-corrected chi connectivity index (χ2v) is 10.6. The van der Waals surface area contributed by atoms with E-state index in [0.717, 1.165) is 46.2 Å². The molecule has 1 saturated carbocycles. The molecule has 2 N–H and O–H groups in total. The summed E-state index contributed by atoms with van der Waals surface area (Å²) >= 11 is 0. The number of hydrogen-bond donors (Lipinski definition) is 2. The highest BCUT2D eigenvalue weighted by molar-refractivity contribution is 6.07. The minimum Gasteiger partial charge on any atom is -0.493 e. The molecule has 1 aliphatic carbocycles. The number of ether oxygens (including phenoxy) is 1. The van der Waals surface area contributed by atoms with Crippen LogP contribution in [0.1, 0.15) is 62.1 Å². The highest BCUT2D eigenvalue weighted by Crippen LogP contribution is 2.31. The van der Waals surface area contributed by atoms with Crippen LogP contribution >= 0.6 is 0 Å². The zero-order valence-electron chi connectivity index (χ0n) is 22.1. The summed E-state index contributed by atoms with van der Waals surface area (Å²) in [7, 11) is 0. The van der Waals surface area contributed by atoms with Crippen LogP contribution in [-0.4, -0.2) is 18.6 Å². The fraction of sp³-hybridized carbons (Fsp3) is 0.364. The third-order valence-electron chi connectivity index (χ3n) is 7.84. The molecule has 1 amide bonds. The number of carbonyl (C=O) groups excluding carboxylic acids is 1. The molecule has 0 radical (unpaired) electrons. The Morgan fingerprint density at radius 1 is 0.946 bits per heavy atom. The lowest BCUT2D eigenvalue weighted by Crippen LogP contribution is -2.34. The monoisotopic (exact) mass is 494 g/mol. The van der Waals surface area contributed by atoms with Crippen molar-refractivity contribution >= 4 is 17.7 Å². The molecule has 0 aromatic heterocycles. The van der Waals surface area contributed by atoms with E-state index >= 15 is 0 Å². The molecule has 0 bridgehead atoms. The van der Waals surface area contributed by atoms with Gasteiger partial charge >= 0.3 is 0 Å². The number of aryl methyl sites for hydroxylation is 1. The molecule has 1 fully saturated rings. The van der Waals surface area contributed by atoms with Crippen LogP contribution in [0.2, 0.25) is 0 Å². The molecular formula is C33H38N2O2. The minimum atomic E-state index is -0.0750. The predicted molar refractivity (Wildman–Crippen MR) is 153 cm³/mol. The predicted octanol–water partition coefficient (Wildman–Crippen LogP) is 7.53. The smallest absolute Gasteiger partial charge is 0.251 e. The van der Waals surface area contributed by atoms with Crippen LogP contribution < -0.4 is 15.4 Å². The summed E-state index contributed by atoms with van der Waals surface area (Å²) in [5, 5.41) is 6.79. The van der Waals surface area contributed by atoms with E-state index in [9.17, 15) is 4.79 Å². The first-order chi connectivity index (χ1) is 18.0. The van der Waals surface area contributed by atoms with Crippen LogP contribution in [0.15, 0.2) is 72.3 Å². The topological polar surface area (TPSA) is 50.4 Å². The van der Waals surface area contributed by atoms with Gasteiger partial charge in [0.05, 0.1) is 6.61 Å². The number of amides is 1. The van der Waals surface area contributed by atoms with Crippen LogP contribution in [0, 0.1) is 12.8 Å². The highest BCUT2D eigenvalue weighted by Gasteiger charge is 2.20. The summed E-state index contributed by atoms with van der Waals surface area (Å²) in [5.41, 5.74) is 7.22. The lowest BCUT2D eigenvalue weighted by molar-refractivity contribution is -0.113. The van der Waals surface area contributed by atoms with Gasteiger partial charge in [-0.3, -0.25) is 4.79 Å². The Morgan fingerprint density at radius 2 is 1.68 bits per heavy atom. The maximum absolute atomic E-state index is 13.2. The summed E-state index contributed by atoms with van der Waals surface area (Å²) < 4.78 is 5.96. The van der Waals surface area contributed by atoms with Gasteiger partial charge in [-0.15, -0.1) is 0 Å². The molecule has 1 atom stereocenters. The van der Waals surface area contributed by atoms with Gasteiger partial charge < -0.3 is 15.4 Å². The number of hydrogen-bond acceptors (Lipinski definition) is 3. The van der Waals surface area contributed by atoms with Gasteiger partial charge in [-0.1, -0.05) is 67.3 Å². The minimum absolute atomic E-state index is 0.0750. The Balaban J connectivity index is 1.22. The summed E-state index contributed by atoms with van der Waals surface area (Å²) in [6.45, 7) is 5.75. The molecule has 192 valence electrons. The molecule has 0 spiro atoms. The molecule has 37 heavy (non-hydrogen) atoms. The van der Waals surface area contributed by atoms with Gasteiger partial charge in [-0.2, -0.15) is 0 Å². The lowest BCUT2D eigenvalue weighted by Gasteiger charge is -2.28. The Labute approximate surface area is 221 Å². The fourth-order valence-electron chi connectivity index (χ4n) is 5.43. The summed E-state index contributed by atoms with van der Waals surface area (Å²) in [6, 6.07) is 23.4. The van der Waals surface area contributed by atoms with E-state index < -0.39 is 0 Å². The first-order valence-corrected chi connectivity index (χ1v) is 13.7. The maximum Gasteiger partial charge on any atom is 0.251 e. The quantitative estimate of drug-likeness (QED) is 0.357. The van der Waals surface area contributed by atoms with Gasteiger partial charge in [0, 0.05) is 35.8 Å². The maximum atomic E-state index is 13.2. The standard InChI is InChI=1S/C33H38N2O2/c1-23-8-12-27(13-9-23)28-14-17-32-30(20-28)21-29(18-19-37-32)33(36)35-31-15-10-25(11-16-31)22-34-24(2)26-6-4-3-5-7-26/h8-17,20-21,24,26,34H,3-7,18-19,22H2,1-2H3,(H,35,36). The number of benzene rings is 3. The van der Waals surface area contributed by atoms with Gasteiger partial charge in [-0.05, 0) is 79.6 Å². The molecule has 0 saturated heterocycles. The number of carbonyl (C=O) groups is 1. The van der Waals surface area contributed by atoms with Crippen LogP contribution in [0.4, 0.5) is 5.69 Å². The van der Waals surface area contributed by atoms with Gasteiger partial charge in [0.1, 0.15) is 5.75 Å². The Hall–Kier alpha value is -3.37. The van der Waals surface area contributed by atoms with Crippen LogP contribution in [0.25, 0.3) is 17.2 Å². The van der Waals surface area contributed by atoms with Crippen molar-refractivity contribution < 1.29 is 9.53 Å². The molecule has 4 nitrogen and oxygen atoms in total. The molecule has 1 unspecified atom stereocenters. The van der Waals surface area contributed by atoms with Crippen molar-refractivity contribution in [2.45, 2.75) is 65.0 Å². The van der Waals surface area contributed by atoms with E-state index in [0.29, 0.717) is 19.1 Å². The van der Waals surface area contributed by atoms with E-state index in [1.54, 1.807) is 0 Å². The Morgan fingerprint density at radius 3 is 2.43 bits per heavy atom. The molecule has 5 rings (SSSR count). The molecule has 1 heterocycles. The van der Waals surface area contributed by atoms with Gasteiger partial charge in [0.15, 0.2) is 0 Å². The third-order valence-corrected chi connectivity index (χ3v) is 7.84. The summed E-state index contributed by atoms with van der Waals surface area (Å²) in [5.74, 6) is 1.54. The van der Waals surface area contributed by atoms with Crippen molar-refractivity contribution in [1.29, 1.82) is 0 Å². The van der Waals surface area contributed by atoms with Crippen LogP contribution in [-0.2, 0) is 11.3 Å². The van der Waals surface area contributed by atoms with E-state index in [4.69, 9.17) is 4.74 Å². The van der Waals surface area contributed by atoms with E-state index in [2.05, 4.69) is 73.0 Å². The number of nitrogens with one attached hydrogen (secondary N) is 2. The first kappa shape index (κ1) is 25.3. The van der Waals surface area contributed by atoms with Gasteiger partial charge in [0.2, 0.25) is 0 Å². The number of anilines is 1. The first-order valence-electron chi connectivity index (χ1n) is 13.7. The number of rotatable bonds is 7. The van der Waals surface area contributed by atoms with E-state index in [-0.39, 0.29) is 5.91 Å². The second-order valence-electron chi connectivity index (χ2n) is 10.6. The SMILES string of the molecule is Cc1ccc(-c2ccc3c(c2)C=C(C(=O)Nc2ccc(CNC(C)C4CCCCC4)cc2)CCO3)cc1. The molecule has 3 aromatic rings. The molecule has 2 aliphatic rings. The second kappa shape index (κ2) is 11.8. The Kier molecular flexibility index (Phi) is 8.05. The average Bonchev–Trinajstić information content (AvgIpc) is 3.15. The van der Waals surface area contributed by atoms with Crippen molar-refractivity contribution in [1.82, 2.24) is 5.32 Å². The van der Waals surface area contributed by atoms with E-state index in [1.807, 2.05) is 24.3 Å². The fourth-order valence-corrected chi connectivity index (χ4v) is 5.43. The van der Waals surface area contributed by atoms with Gasteiger partial charge in [0.25, 0.3) is 5.91 Å². The summed E-state index contributed by atoms with van der Waals surface area (Å²) in [4.78, 5) is 13.2. The van der Waals surface area contributed by atoms with Crippen molar-refractivity contribution in [3.05, 3.63) is 89.0 Å².